The maximum atomic E-state index is 12.6. The number of ether oxygens (including phenoxy) is 2. The molecule has 2 saturated heterocycles. The van der Waals surface area contributed by atoms with Gasteiger partial charge in [0.2, 0.25) is 5.91 Å². The summed E-state index contributed by atoms with van der Waals surface area (Å²) in [5.74, 6) is 0.870. The maximum absolute atomic E-state index is 12.6. The van der Waals surface area contributed by atoms with E-state index < -0.39 is 5.41 Å². The minimum Gasteiger partial charge on any atom is -0.381 e. The summed E-state index contributed by atoms with van der Waals surface area (Å²) in [7, 11) is 0. The molecule has 0 bridgehead atoms. The normalized spacial score (nSPS) is 21.0. The zero-order valence-electron chi connectivity index (χ0n) is 13.3. The molecule has 1 aromatic rings. The largest absolute Gasteiger partial charge is 0.381 e. The standard InChI is InChI=1S/C16H24N4O3/c17-12-16(3-7-22-8-4-16)15(21)19-13-1-2-14(18-11-13)20-5-9-23-10-6-20/h1-2,11H,3-10,12,17H2,(H,19,21). The SMILES string of the molecule is NCC1(C(=O)Nc2ccc(N3CCOCC3)nc2)CCOCC1. The van der Waals surface area contributed by atoms with Crippen LogP contribution in [-0.2, 0) is 14.3 Å². The van der Waals surface area contributed by atoms with Gasteiger partial charge < -0.3 is 25.4 Å². The van der Waals surface area contributed by atoms with Crippen LogP contribution < -0.4 is 16.0 Å². The van der Waals surface area contributed by atoms with Crippen LogP contribution in [0.25, 0.3) is 0 Å². The van der Waals surface area contributed by atoms with Gasteiger partial charge in [0.25, 0.3) is 0 Å². The van der Waals surface area contributed by atoms with E-state index in [0.29, 0.717) is 38.3 Å². The molecule has 0 saturated carbocycles. The molecule has 3 N–H and O–H groups in total. The molecule has 3 rings (SSSR count). The molecular weight excluding hydrogens is 296 g/mol. The van der Waals surface area contributed by atoms with E-state index in [4.69, 9.17) is 15.2 Å². The lowest BCUT2D eigenvalue weighted by Gasteiger charge is -2.34. The number of nitrogens with zero attached hydrogens (tertiary/aromatic N) is 2. The molecule has 1 amide bonds. The summed E-state index contributed by atoms with van der Waals surface area (Å²) in [5, 5.41) is 2.95. The smallest absolute Gasteiger partial charge is 0.232 e. The number of rotatable bonds is 4. The average Bonchev–Trinajstić information content (AvgIpc) is 2.63. The highest BCUT2D eigenvalue weighted by Gasteiger charge is 2.38. The van der Waals surface area contributed by atoms with Gasteiger partial charge in [-0.3, -0.25) is 4.79 Å². The van der Waals surface area contributed by atoms with Crippen LogP contribution in [0.1, 0.15) is 12.8 Å². The van der Waals surface area contributed by atoms with Gasteiger partial charge in [0.05, 0.1) is 30.5 Å². The zero-order chi connectivity index (χ0) is 16.1. The van der Waals surface area contributed by atoms with Crippen molar-refractivity contribution in [2.45, 2.75) is 12.8 Å². The lowest BCUT2D eigenvalue weighted by molar-refractivity contribution is -0.130. The van der Waals surface area contributed by atoms with Gasteiger partial charge in [-0.05, 0) is 25.0 Å². The van der Waals surface area contributed by atoms with Crippen molar-refractivity contribution in [1.29, 1.82) is 0 Å². The first-order valence-electron chi connectivity index (χ1n) is 8.11. The third-order valence-corrected chi connectivity index (χ3v) is 4.66. The quantitative estimate of drug-likeness (QED) is 0.845. The predicted octanol–water partition coefficient (Wildman–Crippen LogP) is 0.612. The summed E-state index contributed by atoms with van der Waals surface area (Å²) < 4.78 is 10.7. The molecule has 0 atom stereocenters. The summed E-state index contributed by atoms with van der Waals surface area (Å²) in [6.45, 7) is 4.63. The fourth-order valence-electron chi connectivity index (χ4n) is 2.99. The molecule has 0 radical (unpaired) electrons. The molecule has 2 fully saturated rings. The van der Waals surface area contributed by atoms with Gasteiger partial charge in [-0.25, -0.2) is 4.98 Å². The third-order valence-electron chi connectivity index (χ3n) is 4.66. The highest BCUT2D eigenvalue weighted by Crippen LogP contribution is 2.31. The summed E-state index contributed by atoms with van der Waals surface area (Å²) in [5.41, 5.74) is 6.04. The van der Waals surface area contributed by atoms with Crippen molar-refractivity contribution in [2.24, 2.45) is 11.1 Å². The Bertz CT molecular complexity index is 523. The Labute approximate surface area is 136 Å². The zero-order valence-corrected chi connectivity index (χ0v) is 13.3. The van der Waals surface area contributed by atoms with Crippen LogP contribution in [0, 0.1) is 5.41 Å². The molecule has 1 aromatic heterocycles. The summed E-state index contributed by atoms with van der Waals surface area (Å²) >= 11 is 0. The summed E-state index contributed by atoms with van der Waals surface area (Å²) in [6.07, 6.45) is 3.02. The number of amides is 1. The molecule has 126 valence electrons. The summed E-state index contributed by atoms with van der Waals surface area (Å²) in [4.78, 5) is 19.2. The highest BCUT2D eigenvalue weighted by molar-refractivity contribution is 5.95. The maximum Gasteiger partial charge on any atom is 0.232 e. The van der Waals surface area contributed by atoms with Gasteiger partial charge in [-0.1, -0.05) is 0 Å². The highest BCUT2D eigenvalue weighted by atomic mass is 16.5. The first-order valence-corrected chi connectivity index (χ1v) is 8.11. The fraction of sp³-hybridized carbons (Fsp3) is 0.625. The number of hydrogen-bond acceptors (Lipinski definition) is 6. The number of morpholine rings is 1. The van der Waals surface area contributed by atoms with Crippen molar-refractivity contribution in [3.8, 4) is 0 Å². The van der Waals surface area contributed by atoms with Crippen molar-refractivity contribution in [1.82, 2.24) is 4.98 Å². The number of aromatic nitrogens is 1. The van der Waals surface area contributed by atoms with Crippen LogP contribution in [-0.4, -0.2) is 57.0 Å². The molecule has 0 spiro atoms. The lowest BCUT2D eigenvalue weighted by atomic mass is 9.79. The van der Waals surface area contributed by atoms with Crippen LogP contribution in [0.2, 0.25) is 0 Å². The van der Waals surface area contributed by atoms with Crippen molar-refractivity contribution >= 4 is 17.4 Å². The average molecular weight is 320 g/mol. The van der Waals surface area contributed by atoms with Crippen LogP contribution in [0.4, 0.5) is 11.5 Å². The van der Waals surface area contributed by atoms with Crippen molar-refractivity contribution in [3.63, 3.8) is 0 Å². The molecule has 23 heavy (non-hydrogen) atoms. The minimum absolute atomic E-state index is 0.0378. The molecule has 7 nitrogen and oxygen atoms in total. The molecule has 2 aliphatic heterocycles. The molecule has 0 aliphatic carbocycles. The predicted molar refractivity (Wildman–Crippen MR) is 87.4 cm³/mol. The van der Waals surface area contributed by atoms with Gasteiger partial charge in [-0.2, -0.15) is 0 Å². The molecule has 0 aromatic carbocycles. The molecular formula is C16H24N4O3. The van der Waals surface area contributed by atoms with E-state index in [2.05, 4.69) is 15.2 Å². The second-order valence-electron chi connectivity index (χ2n) is 6.06. The molecule has 0 unspecified atom stereocenters. The molecule has 7 heteroatoms. The van der Waals surface area contributed by atoms with Gasteiger partial charge in [0.15, 0.2) is 0 Å². The first-order chi connectivity index (χ1) is 11.2. The number of nitrogens with one attached hydrogen (secondary N) is 1. The van der Waals surface area contributed by atoms with Crippen molar-refractivity contribution in [3.05, 3.63) is 18.3 Å². The second kappa shape index (κ2) is 7.25. The van der Waals surface area contributed by atoms with Crippen LogP contribution in [0.5, 0.6) is 0 Å². The van der Waals surface area contributed by atoms with E-state index in [0.717, 1.165) is 32.1 Å². The van der Waals surface area contributed by atoms with Gasteiger partial charge in [-0.15, -0.1) is 0 Å². The minimum atomic E-state index is -0.527. The van der Waals surface area contributed by atoms with Gasteiger partial charge >= 0.3 is 0 Å². The number of hydrogen-bond donors (Lipinski definition) is 2. The van der Waals surface area contributed by atoms with Gasteiger partial charge in [0.1, 0.15) is 5.82 Å². The lowest BCUT2D eigenvalue weighted by Crippen LogP contribution is -2.46. The molecule has 2 aliphatic rings. The number of pyridine rings is 1. The van der Waals surface area contributed by atoms with Crippen LogP contribution in [0.3, 0.4) is 0 Å². The third kappa shape index (κ3) is 3.63. The van der Waals surface area contributed by atoms with E-state index in [1.807, 2.05) is 12.1 Å². The van der Waals surface area contributed by atoms with Crippen molar-refractivity contribution in [2.75, 3.05) is 56.3 Å². The fourth-order valence-corrected chi connectivity index (χ4v) is 2.99. The topological polar surface area (TPSA) is 89.7 Å². The Morgan fingerprint density at radius 3 is 2.52 bits per heavy atom. The Hall–Kier alpha value is -1.70. The summed E-state index contributed by atoms with van der Waals surface area (Å²) in [6, 6.07) is 3.82. The van der Waals surface area contributed by atoms with Gasteiger partial charge in [0, 0.05) is 32.8 Å². The number of carbonyl (C=O) groups excluding carboxylic acids is 1. The second-order valence-corrected chi connectivity index (χ2v) is 6.06. The number of anilines is 2. The van der Waals surface area contributed by atoms with Crippen LogP contribution >= 0.6 is 0 Å². The van der Waals surface area contributed by atoms with E-state index >= 15 is 0 Å². The van der Waals surface area contributed by atoms with E-state index in [1.54, 1.807) is 6.20 Å². The Kier molecular flexibility index (Phi) is 5.09. The first kappa shape index (κ1) is 16.2. The van der Waals surface area contributed by atoms with E-state index in [9.17, 15) is 4.79 Å². The Balaban J connectivity index is 1.64. The van der Waals surface area contributed by atoms with Crippen molar-refractivity contribution < 1.29 is 14.3 Å². The van der Waals surface area contributed by atoms with Crippen LogP contribution in [0.15, 0.2) is 18.3 Å². The molecule has 3 heterocycles. The number of nitrogens with two attached hydrogens (primary N) is 1. The Morgan fingerprint density at radius 1 is 1.22 bits per heavy atom. The monoisotopic (exact) mass is 320 g/mol. The van der Waals surface area contributed by atoms with E-state index in [1.165, 1.54) is 0 Å². The Morgan fingerprint density at radius 2 is 1.91 bits per heavy atom. The number of carbonyl (C=O) groups is 1. The van der Waals surface area contributed by atoms with E-state index in [-0.39, 0.29) is 5.91 Å².